The van der Waals surface area contributed by atoms with E-state index in [9.17, 15) is 14.7 Å². The van der Waals surface area contributed by atoms with Gasteiger partial charge in [-0.2, -0.15) is 0 Å². The molecule has 0 spiro atoms. The predicted octanol–water partition coefficient (Wildman–Crippen LogP) is 7.07. The van der Waals surface area contributed by atoms with Crippen molar-refractivity contribution in [2.45, 2.75) is 111 Å². The van der Waals surface area contributed by atoms with E-state index in [-0.39, 0.29) is 29.3 Å². The number of ether oxygens (including phenoxy) is 1. The van der Waals surface area contributed by atoms with Crippen molar-refractivity contribution in [1.82, 2.24) is 0 Å². The first-order valence-corrected chi connectivity index (χ1v) is 14.3. The second-order valence-electron chi connectivity index (χ2n) is 12.5. The van der Waals surface area contributed by atoms with Crippen LogP contribution in [0.1, 0.15) is 105 Å². The van der Waals surface area contributed by atoms with Gasteiger partial charge in [-0.1, -0.05) is 78.4 Å². The molecule has 0 aliphatic heterocycles. The molecule has 4 bridgehead atoms. The number of carbonyl (C=O) groups is 2. The molecule has 0 saturated heterocycles. The van der Waals surface area contributed by atoms with Crippen LogP contribution in [-0.4, -0.2) is 30.1 Å². The summed E-state index contributed by atoms with van der Waals surface area (Å²) in [4.78, 5) is 26.3. The van der Waals surface area contributed by atoms with Gasteiger partial charge in [0.25, 0.3) is 0 Å². The minimum absolute atomic E-state index is 0.0233. The molecule has 0 radical (unpaired) electrons. The monoisotopic (exact) mass is 472 g/mol. The molecular formula is C30H48O4. The Morgan fingerprint density at radius 2 is 2.00 bits per heavy atom. The zero-order chi connectivity index (χ0) is 24.7. The fourth-order valence-corrected chi connectivity index (χ4v) is 9.29. The number of allylic oxidation sites excluding steroid dienone is 1. The maximum Gasteiger partial charge on any atom is 0.315 e. The molecule has 0 amide bonds. The Bertz CT molecular complexity index is 802. The third-order valence-electron chi connectivity index (χ3n) is 10.7. The maximum absolute atomic E-state index is 13.3. The Hall–Kier alpha value is -1.16. The van der Waals surface area contributed by atoms with Gasteiger partial charge >= 0.3 is 5.97 Å². The van der Waals surface area contributed by atoms with Crippen molar-refractivity contribution in [3.63, 3.8) is 0 Å². The van der Waals surface area contributed by atoms with E-state index in [4.69, 9.17) is 4.74 Å². The quantitative estimate of drug-likeness (QED) is 0.177. The highest BCUT2D eigenvalue weighted by Crippen LogP contribution is 2.81. The Kier molecular flexibility index (Phi) is 7.40. The highest BCUT2D eigenvalue weighted by atomic mass is 16.5. The summed E-state index contributed by atoms with van der Waals surface area (Å²) in [5.41, 5.74) is -0.953. The van der Waals surface area contributed by atoms with Gasteiger partial charge in [0.2, 0.25) is 0 Å². The van der Waals surface area contributed by atoms with Gasteiger partial charge in [-0.3, -0.25) is 4.79 Å². The SMILES string of the molecule is CCCCCCC(CC)OCCC12C=C(C(C)C)C3(C(=O)O)C1CC1C(C)CCC1C3(C=O)C2. The summed E-state index contributed by atoms with van der Waals surface area (Å²) in [6, 6.07) is 0. The molecule has 0 aromatic carbocycles. The average molecular weight is 473 g/mol. The number of unbranched alkanes of at least 4 members (excludes halogenated alkanes) is 3. The molecule has 4 aliphatic rings. The number of hydrogen-bond donors (Lipinski definition) is 1. The van der Waals surface area contributed by atoms with Crippen LogP contribution in [0.25, 0.3) is 0 Å². The zero-order valence-corrected chi connectivity index (χ0v) is 22.3. The molecule has 34 heavy (non-hydrogen) atoms. The third-order valence-corrected chi connectivity index (χ3v) is 10.7. The van der Waals surface area contributed by atoms with Gasteiger partial charge in [0.05, 0.1) is 11.5 Å². The van der Waals surface area contributed by atoms with Crippen molar-refractivity contribution in [3.05, 3.63) is 11.6 Å². The lowest BCUT2D eigenvalue weighted by atomic mass is 9.47. The fourth-order valence-electron chi connectivity index (χ4n) is 9.29. The van der Waals surface area contributed by atoms with E-state index in [0.29, 0.717) is 24.9 Å². The van der Waals surface area contributed by atoms with E-state index >= 15 is 0 Å². The lowest BCUT2D eigenvalue weighted by molar-refractivity contribution is -0.169. The lowest BCUT2D eigenvalue weighted by Crippen LogP contribution is -2.58. The van der Waals surface area contributed by atoms with Gasteiger partial charge < -0.3 is 14.6 Å². The van der Waals surface area contributed by atoms with Gasteiger partial charge in [-0.25, -0.2) is 0 Å². The first-order valence-electron chi connectivity index (χ1n) is 14.3. The van der Waals surface area contributed by atoms with Crippen LogP contribution in [0, 0.1) is 45.8 Å². The van der Waals surface area contributed by atoms with Crippen LogP contribution in [0.5, 0.6) is 0 Å². The van der Waals surface area contributed by atoms with Crippen LogP contribution in [0.4, 0.5) is 0 Å². The molecule has 4 nitrogen and oxygen atoms in total. The molecule has 0 aromatic heterocycles. The highest BCUT2D eigenvalue weighted by Gasteiger charge is 2.82. The van der Waals surface area contributed by atoms with Gasteiger partial charge in [-0.15, -0.1) is 0 Å². The normalized spacial score (nSPS) is 40.9. The summed E-state index contributed by atoms with van der Waals surface area (Å²) in [6.45, 7) is 11.7. The van der Waals surface area contributed by atoms with Crippen LogP contribution in [0.3, 0.4) is 0 Å². The van der Waals surface area contributed by atoms with Crippen molar-refractivity contribution in [1.29, 1.82) is 0 Å². The number of rotatable bonds is 13. The summed E-state index contributed by atoms with van der Waals surface area (Å²) < 4.78 is 6.43. The third kappa shape index (κ3) is 3.56. The van der Waals surface area contributed by atoms with E-state index < -0.39 is 16.8 Å². The second kappa shape index (κ2) is 9.71. The lowest BCUT2D eigenvalue weighted by Gasteiger charge is -2.53. The van der Waals surface area contributed by atoms with Gasteiger partial charge in [-0.05, 0) is 73.5 Å². The van der Waals surface area contributed by atoms with Crippen LogP contribution in [-0.2, 0) is 14.3 Å². The molecule has 4 heteroatoms. The Labute approximate surface area is 207 Å². The molecule has 8 atom stereocenters. The fraction of sp³-hybridized carbons (Fsp3) is 0.867. The smallest absolute Gasteiger partial charge is 0.315 e. The second-order valence-corrected chi connectivity index (χ2v) is 12.5. The topological polar surface area (TPSA) is 63.6 Å². The number of carboxylic acids is 1. The van der Waals surface area contributed by atoms with Crippen LogP contribution < -0.4 is 0 Å². The molecule has 192 valence electrons. The predicted molar refractivity (Wildman–Crippen MR) is 135 cm³/mol. The molecule has 4 aliphatic carbocycles. The molecule has 8 unspecified atom stereocenters. The van der Waals surface area contributed by atoms with Crippen LogP contribution in [0.15, 0.2) is 11.6 Å². The standard InChI is InChI=1S/C30H48O4/c1-6-8-9-10-11-22(7-2)34-15-14-28-17-25(20(3)4)30(27(32)33)26(28)16-23-21(5)12-13-24(23)29(30,18-28)19-31/h17,19-24,26H,6-16,18H2,1-5H3,(H,32,33). The van der Waals surface area contributed by atoms with Crippen LogP contribution >= 0.6 is 0 Å². The van der Waals surface area contributed by atoms with E-state index in [1.165, 1.54) is 25.7 Å². The first-order chi connectivity index (χ1) is 16.2. The highest BCUT2D eigenvalue weighted by molar-refractivity contribution is 5.89. The number of fused-ring (bicyclic) bond motifs is 2. The van der Waals surface area contributed by atoms with Crippen molar-refractivity contribution in [3.8, 4) is 0 Å². The van der Waals surface area contributed by atoms with Crippen molar-refractivity contribution in [2.24, 2.45) is 45.8 Å². The number of aldehydes is 1. The van der Waals surface area contributed by atoms with Gasteiger partial charge in [0, 0.05) is 6.61 Å². The number of aliphatic carboxylic acids is 1. The molecule has 3 fully saturated rings. The summed E-state index contributed by atoms with van der Waals surface area (Å²) in [5, 5.41) is 10.9. The molecule has 4 rings (SSSR count). The van der Waals surface area contributed by atoms with Gasteiger partial charge in [0.15, 0.2) is 0 Å². The van der Waals surface area contributed by atoms with E-state index in [0.717, 1.165) is 50.4 Å². The van der Waals surface area contributed by atoms with E-state index in [1.54, 1.807) is 0 Å². The zero-order valence-electron chi connectivity index (χ0n) is 22.3. The maximum atomic E-state index is 13.3. The van der Waals surface area contributed by atoms with E-state index in [1.807, 2.05) is 0 Å². The summed E-state index contributed by atoms with van der Waals surface area (Å²) in [5.74, 6) is 0.685. The van der Waals surface area contributed by atoms with Crippen LogP contribution in [0.2, 0.25) is 0 Å². The minimum Gasteiger partial charge on any atom is -0.481 e. The molecule has 1 N–H and O–H groups in total. The number of carboxylic acid groups (broad SMARTS) is 1. The minimum atomic E-state index is -1.02. The summed E-state index contributed by atoms with van der Waals surface area (Å²) in [7, 11) is 0. The summed E-state index contributed by atoms with van der Waals surface area (Å²) >= 11 is 0. The van der Waals surface area contributed by atoms with Crippen molar-refractivity contribution >= 4 is 12.3 Å². The Morgan fingerprint density at radius 1 is 1.24 bits per heavy atom. The Balaban J connectivity index is 1.62. The largest absolute Gasteiger partial charge is 0.481 e. The first kappa shape index (κ1) is 25.9. The molecule has 3 saturated carbocycles. The Morgan fingerprint density at radius 3 is 2.62 bits per heavy atom. The average Bonchev–Trinajstić information content (AvgIpc) is 3.38. The number of carbonyl (C=O) groups excluding carboxylic acids is 1. The summed E-state index contributed by atoms with van der Waals surface area (Å²) in [6.07, 6.45) is 15.5. The molecular weight excluding hydrogens is 424 g/mol. The molecule has 0 aromatic rings. The number of hydrogen-bond acceptors (Lipinski definition) is 3. The van der Waals surface area contributed by atoms with E-state index in [2.05, 4.69) is 40.7 Å². The molecule has 0 heterocycles. The van der Waals surface area contributed by atoms with Gasteiger partial charge in [0.1, 0.15) is 11.7 Å². The van der Waals surface area contributed by atoms with Crippen molar-refractivity contribution < 1.29 is 19.4 Å². The van der Waals surface area contributed by atoms with Crippen molar-refractivity contribution in [2.75, 3.05) is 6.61 Å².